The molecule has 0 amide bonds. The van der Waals surface area contributed by atoms with E-state index in [4.69, 9.17) is 9.88 Å². The molecule has 1 aromatic rings. The van der Waals surface area contributed by atoms with Gasteiger partial charge in [-0.1, -0.05) is 23.2 Å². The molecule has 0 N–H and O–H groups in total. The molecule has 0 atom stereocenters. The number of rotatable bonds is 1. The van der Waals surface area contributed by atoms with Gasteiger partial charge in [0.2, 0.25) is 0 Å². The van der Waals surface area contributed by atoms with Crippen LogP contribution in [0.3, 0.4) is 0 Å². The molecule has 12 heavy (non-hydrogen) atoms. The maximum Gasteiger partial charge on any atom is 0.172 e. The van der Waals surface area contributed by atoms with Gasteiger partial charge in [-0.3, -0.25) is 0 Å². The maximum absolute atomic E-state index is 5.02. The fourth-order valence-electron chi connectivity index (χ4n) is 1.13. The molecule has 1 aliphatic rings. The minimum atomic E-state index is 0.743. The summed E-state index contributed by atoms with van der Waals surface area (Å²) in [7, 11) is 0. The standard InChI is InChI=1S/C9H10NO2/c1-2-10-7-8-5-3-4-6-9(8)11-12-10/h2-6H,7H2,1H3. The van der Waals surface area contributed by atoms with Crippen LogP contribution < -0.4 is 4.89 Å². The van der Waals surface area contributed by atoms with Crippen LogP contribution in [0.5, 0.6) is 5.75 Å². The molecular weight excluding hydrogens is 154 g/mol. The van der Waals surface area contributed by atoms with Crippen molar-refractivity contribution < 1.29 is 9.88 Å². The molecule has 0 spiro atoms. The summed E-state index contributed by atoms with van der Waals surface area (Å²) in [5.74, 6) is 0.801. The van der Waals surface area contributed by atoms with E-state index < -0.39 is 0 Å². The van der Waals surface area contributed by atoms with Crippen molar-refractivity contribution in [3.8, 4) is 5.75 Å². The van der Waals surface area contributed by atoms with Gasteiger partial charge < -0.3 is 4.89 Å². The highest BCUT2D eigenvalue weighted by molar-refractivity contribution is 5.33. The predicted molar refractivity (Wildman–Crippen MR) is 43.7 cm³/mol. The molecule has 0 saturated heterocycles. The zero-order valence-corrected chi connectivity index (χ0v) is 6.86. The van der Waals surface area contributed by atoms with Gasteiger partial charge in [0.05, 0.1) is 13.1 Å². The van der Waals surface area contributed by atoms with Gasteiger partial charge in [-0.25, -0.2) is 0 Å². The Morgan fingerprint density at radius 3 is 3.08 bits per heavy atom. The molecule has 2 rings (SSSR count). The lowest BCUT2D eigenvalue weighted by Gasteiger charge is -2.24. The Morgan fingerprint density at radius 1 is 1.42 bits per heavy atom. The second-order valence-electron chi connectivity index (χ2n) is 2.60. The van der Waals surface area contributed by atoms with Crippen LogP contribution in [0.2, 0.25) is 0 Å². The van der Waals surface area contributed by atoms with Gasteiger partial charge >= 0.3 is 0 Å². The summed E-state index contributed by atoms with van der Waals surface area (Å²) in [5, 5.41) is 1.64. The highest BCUT2D eigenvalue weighted by Crippen LogP contribution is 2.24. The molecule has 3 heteroatoms. The van der Waals surface area contributed by atoms with Crippen LogP contribution in [0.4, 0.5) is 0 Å². The second kappa shape index (κ2) is 3.13. The Balaban J connectivity index is 2.23. The summed E-state index contributed by atoms with van der Waals surface area (Å²) < 4.78 is 0. The van der Waals surface area contributed by atoms with Crippen molar-refractivity contribution in [2.24, 2.45) is 0 Å². The summed E-state index contributed by atoms with van der Waals surface area (Å²) in [6, 6.07) is 7.82. The molecule has 1 heterocycles. The highest BCUT2D eigenvalue weighted by atomic mass is 17.3. The number of hydrogen-bond acceptors (Lipinski definition) is 3. The van der Waals surface area contributed by atoms with Crippen LogP contribution in [0.15, 0.2) is 24.3 Å². The van der Waals surface area contributed by atoms with Crippen LogP contribution in [0.25, 0.3) is 0 Å². The van der Waals surface area contributed by atoms with Crippen LogP contribution in [0.1, 0.15) is 12.5 Å². The smallest absolute Gasteiger partial charge is 0.172 e. The molecule has 0 saturated carbocycles. The van der Waals surface area contributed by atoms with Crippen LogP contribution in [-0.4, -0.2) is 5.06 Å². The number of nitrogens with zero attached hydrogens (tertiary/aromatic N) is 1. The van der Waals surface area contributed by atoms with Crippen molar-refractivity contribution in [3.63, 3.8) is 0 Å². The van der Waals surface area contributed by atoms with Crippen LogP contribution in [-0.2, 0) is 11.5 Å². The van der Waals surface area contributed by atoms with E-state index in [1.54, 1.807) is 5.06 Å². The average molecular weight is 164 g/mol. The van der Waals surface area contributed by atoms with Gasteiger partial charge in [0.1, 0.15) is 0 Å². The van der Waals surface area contributed by atoms with E-state index in [-0.39, 0.29) is 0 Å². The van der Waals surface area contributed by atoms with E-state index in [2.05, 4.69) is 0 Å². The molecule has 63 valence electrons. The first-order chi connectivity index (χ1) is 5.90. The third kappa shape index (κ3) is 1.29. The average Bonchev–Trinajstić information content (AvgIpc) is 2.17. The first kappa shape index (κ1) is 7.58. The van der Waals surface area contributed by atoms with Crippen molar-refractivity contribution in [1.82, 2.24) is 5.06 Å². The van der Waals surface area contributed by atoms with Crippen LogP contribution >= 0.6 is 0 Å². The van der Waals surface area contributed by atoms with Crippen LogP contribution in [0, 0.1) is 6.54 Å². The van der Waals surface area contributed by atoms with E-state index in [1.165, 1.54) is 0 Å². The fourth-order valence-corrected chi connectivity index (χ4v) is 1.13. The Labute approximate surface area is 71.4 Å². The predicted octanol–water partition coefficient (Wildman–Crippen LogP) is 1.91. The van der Waals surface area contributed by atoms with E-state index in [9.17, 15) is 0 Å². The first-order valence-electron chi connectivity index (χ1n) is 3.89. The number of fused-ring (bicyclic) bond motifs is 1. The third-order valence-corrected chi connectivity index (χ3v) is 1.81. The van der Waals surface area contributed by atoms with Crippen molar-refractivity contribution >= 4 is 0 Å². The Morgan fingerprint density at radius 2 is 2.25 bits per heavy atom. The van der Waals surface area contributed by atoms with E-state index in [0.29, 0.717) is 0 Å². The lowest BCUT2D eigenvalue weighted by molar-refractivity contribution is -0.371. The summed E-state index contributed by atoms with van der Waals surface area (Å²) >= 11 is 0. The number of para-hydroxylation sites is 1. The van der Waals surface area contributed by atoms with Crippen molar-refractivity contribution in [2.45, 2.75) is 13.5 Å². The van der Waals surface area contributed by atoms with Crippen molar-refractivity contribution in [1.29, 1.82) is 0 Å². The Hall–Kier alpha value is -1.06. The molecule has 0 unspecified atom stereocenters. The van der Waals surface area contributed by atoms with E-state index in [0.717, 1.165) is 17.9 Å². The monoisotopic (exact) mass is 164 g/mol. The third-order valence-electron chi connectivity index (χ3n) is 1.81. The van der Waals surface area contributed by atoms with E-state index in [1.807, 2.05) is 37.7 Å². The number of hydrogen-bond donors (Lipinski definition) is 0. The zero-order chi connectivity index (χ0) is 8.39. The van der Waals surface area contributed by atoms with Gasteiger partial charge in [-0.05, 0) is 13.0 Å². The Bertz CT molecular complexity index is 275. The normalized spacial score (nSPS) is 16.8. The SMILES string of the molecule is C[CH]N1Cc2ccccc2OO1. The molecule has 1 aromatic carbocycles. The van der Waals surface area contributed by atoms with Gasteiger partial charge in [-0.15, -0.1) is 5.06 Å². The fraction of sp³-hybridized carbons (Fsp3) is 0.222. The molecular formula is C9H10NO2. The van der Waals surface area contributed by atoms with E-state index >= 15 is 0 Å². The summed E-state index contributed by atoms with van der Waals surface area (Å²) in [4.78, 5) is 9.95. The second-order valence-corrected chi connectivity index (χ2v) is 2.60. The summed E-state index contributed by atoms with van der Waals surface area (Å²) in [6.07, 6.45) is 0. The van der Waals surface area contributed by atoms with Gasteiger partial charge in [-0.2, -0.15) is 0 Å². The quantitative estimate of drug-likeness (QED) is 0.592. The lowest BCUT2D eigenvalue weighted by Crippen LogP contribution is -2.26. The molecule has 0 fully saturated rings. The number of hydroxylamine groups is 2. The van der Waals surface area contributed by atoms with Gasteiger partial charge in [0.15, 0.2) is 5.75 Å². The molecule has 0 bridgehead atoms. The Kier molecular flexibility index (Phi) is 1.98. The minimum Gasteiger partial charge on any atom is -0.319 e. The molecule has 3 nitrogen and oxygen atoms in total. The number of benzene rings is 1. The van der Waals surface area contributed by atoms with Gasteiger partial charge in [0, 0.05) is 5.56 Å². The maximum atomic E-state index is 5.02. The summed E-state index contributed by atoms with van der Waals surface area (Å²) in [6.45, 7) is 4.47. The minimum absolute atomic E-state index is 0.743. The van der Waals surface area contributed by atoms with Gasteiger partial charge in [0.25, 0.3) is 0 Å². The van der Waals surface area contributed by atoms with Crippen molar-refractivity contribution in [2.75, 3.05) is 0 Å². The molecule has 1 aliphatic heterocycles. The molecule has 1 radical (unpaired) electrons. The largest absolute Gasteiger partial charge is 0.319 e. The molecule has 0 aliphatic carbocycles. The first-order valence-corrected chi connectivity index (χ1v) is 3.89. The zero-order valence-electron chi connectivity index (χ0n) is 6.86. The molecule has 0 aromatic heterocycles. The topological polar surface area (TPSA) is 21.7 Å². The highest BCUT2D eigenvalue weighted by Gasteiger charge is 2.16. The summed E-state index contributed by atoms with van der Waals surface area (Å²) in [5.41, 5.74) is 1.14. The lowest BCUT2D eigenvalue weighted by atomic mass is 10.2. The van der Waals surface area contributed by atoms with Crippen molar-refractivity contribution in [3.05, 3.63) is 36.4 Å².